The second-order valence-electron chi connectivity index (χ2n) is 14.1. The van der Waals surface area contributed by atoms with Crippen LogP contribution < -0.4 is 14.4 Å². The largest absolute Gasteiger partial charge is 0.423 e. The topological polar surface area (TPSA) is 109 Å². The maximum Gasteiger partial charge on any atom is 0.321 e. The van der Waals surface area contributed by atoms with E-state index in [2.05, 4.69) is 74.6 Å². The zero-order valence-electron chi connectivity index (χ0n) is 29.6. The molecule has 2 aromatic carbocycles. The van der Waals surface area contributed by atoms with Crippen molar-refractivity contribution in [2.24, 2.45) is 29.6 Å². The van der Waals surface area contributed by atoms with Crippen LogP contribution in [0.25, 0.3) is 0 Å². The van der Waals surface area contributed by atoms with E-state index in [1.54, 1.807) is 23.1 Å². The summed E-state index contributed by atoms with van der Waals surface area (Å²) in [7, 11) is 0. The number of fused-ring (bicyclic) bond motifs is 2. The molecule has 51 heavy (non-hydrogen) atoms. The number of halogens is 3. The van der Waals surface area contributed by atoms with E-state index in [0.717, 1.165) is 49.9 Å². The fraction of sp³-hybridized carbons (Fsp3) is 0.459. The highest BCUT2D eigenvalue weighted by atomic mass is 79.9. The minimum atomic E-state index is 0.434. The van der Waals surface area contributed by atoms with Crippen molar-refractivity contribution >= 4 is 44.9 Å². The molecule has 14 heteroatoms. The highest BCUT2D eigenvalue weighted by Gasteiger charge is 2.43. The van der Waals surface area contributed by atoms with E-state index in [1.807, 2.05) is 48.0 Å². The average Bonchev–Trinajstić information content (AvgIpc) is 3.68. The van der Waals surface area contributed by atoms with Crippen LogP contribution in [0.15, 0.2) is 65.7 Å². The number of hydrogen-bond acceptors (Lipinski definition) is 9. The number of anilines is 1. The molecule has 270 valence electrons. The second-order valence-corrected chi connectivity index (χ2v) is 15.6. The lowest BCUT2D eigenvalue weighted by Gasteiger charge is -2.38. The van der Waals surface area contributed by atoms with Gasteiger partial charge >= 0.3 is 12.0 Å². The molecule has 2 bridgehead atoms. The summed E-state index contributed by atoms with van der Waals surface area (Å²) >= 11 is 15.6. The van der Waals surface area contributed by atoms with Gasteiger partial charge in [0.1, 0.15) is 23.6 Å². The lowest BCUT2D eigenvalue weighted by Crippen LogP contribution is -2.43. The van der Waals surface area contributed by atoms with Crippen molar-refractivity contribution < 1.29 is 9.47 Å². The van der Waals surface area contributed by atoms with Crippen molar-refractivity contribution in [1.82, 2.24) is 39.5 Å². The van der Waals surface area contributed by atoms with Gasteiger partial charge in [-0.3, -0.25) is 0 Å². The fourth-order valence-electron chi connectivity index (χ4n) is 6.77. The van der Waals surface area contributed by atoms with Crippen LogP contribution in [-0.4, -0.2) is 52.6 Å². The van der Waals surface area contributed by atoms with Gasteiger partial charge in [-0.15, -0.1) is 5.10 Å². The van der Waals surface area contributed by atoms with Gasteiger partial charge in [0.2, 0.25) is 4.73 Å². The lowest BCUT2D eigenvalue weighted by atomic mass is 9.82. The van der Waals surface area contributed by atoms with Crippen LogP contribution in [0.2, 0.25) is 10.0 Å². The molecule has 5 aromatic rings. The van der Waals surface area contributed by atoms with Crippen LogP contribution in [0.3, 0.4) is 0 Å². The molecule has 4 heterocycles. The number of rotatable bonds is 11. The third kappa shape index (κ3) is 9.58. The maximum absolute atomic E-state index is 6.32. The van der Waals surface area contributed by atoms with Crippen molar-refractivity contribution in [2.75, 3.05) is 18.0 Å². The summed E-state index contributed by atoms with van der Waals surface area (Å²) in [6.45, 7) is 14.1. The van der Waals surface area contributed by atoms with Gasteiger partial charge in [-0.1, -0.05) is 75.2 Å². The van der Waals surface area contributed by atoms with Gasteiger partial charge in [0.05, 0.1) is 10.0 Å². The lowest BCUT2D eigenvalue weighted by molar-refractivity contribution is 0.264. The van der Waals surface area contributed by atoms with E-state index in [-0.39, 0.29) is 0 Å². The first-order chi connectivity index (χ1) is 24.5. The van der Waals surface area contributed by atoms with Crippen LogP contribution in [0, 0.1) is 36.5 Å². The molecule has 1 saturated heterocycles. The zero-order valence-corrected chi connectivity index (χ0v) is 32.7. The molecule has 2 fully saturated rings. The normalized spacial score (nSPS) is 18.2. The number of aryl methyl sites for hydroxylation is 1. The summed E-state index contributed by atoms with van der Waals surface area (Å²) in [6.07, 6.45) is 5.07. The van der Waals surface area contributed by atoms with Crippen molar-refractivity contribution in [1.29, 1.82) is 0 Å². The number of para-hydroxylation sites is 2. The molecule has 1 saturated carbocycles. The van der Waals surface area contributed by atoms with Crippen molar-refractivity contribution in [2.45, 2.75) is 67.0 Å². The molecule has 11 nitrogen and oxygen atoms in total. The molecule has 1 aliphatic heterocycles. The van der Waals surface area contributed by atoms with Gasteiger partial charge in [-0.2, -0.15) is 15.1 Å². The Morgan fingerprint density at radius 1 is 0.784 bits per heavy atom. The minimum absolute atomic E-state index is 0.434. The standard InChI is InChI=1S/C25H31ClN6O.C12H13BrClN3O/c1-16(2)12-32-25(33-22-7-5-4-6-21(22)26)29-23(30-32)11-20-18-8-9-19(20)14-31(13-18)24-10-17(3)27-15-28-24;1-8(2)7-17-12(15-11(13)16-17)18-10-6-4-3-5-9(10)14/h4-7,10,15-16,18-20H,8-9,11-14H2,1-3H3;3-6,8H,7H2,1-2H3/t18-,19+,20?;. The first-order valence-corrected chi connectivity index (χ1v) is 19.0. The Hall–Kier alpha value is -3.74. The van der Waals surface area contributed by atoms with Crippen molar-refractivity contribution in [3.8, 4) is 23.5 Å². The van der Waals surface area contributed by atoms with Gasteiger partial charge in [-0.25, -0.2) is 19.3 Å². The number of aromatic nitrogens is 8. The number of nitrogens with zero attached hydrogens (tertiary/aromatic N) is 9. The van der Waals surface area contributed by atoms with E-state index in [1.165, 1.54) is 12.8 Å². The van der Waals surface area contributed by atoms with Crippen LogP contribution in [0.4, 0.5) is 5.82 Å². The molecule has 0 radical (unpaired) electrons. The van der Waals surface area contributed by atoms with E-state index in [0.29, 0.717) is 67.9 Å². The first kappa shape index (κ1) is 37.0. The van der Waals surface area contributed by atoms with Crippen LogP contribution in [-0.2, 0) is 19.5 Å². The number of piperidine rings is 1. The van der Waals surface area contributed by atoms with Crippen LogP contribution >= 0.6 is 39.1 Å². The first-order valence-electron chi connectivity index (χ1n) is 17.4. The monoisotopic (exact) mass is 795 g/mol. The van der Waals surface area contributed by atoms with Crippen LogP contribution in [0.1, 0.15) is 52.1 Å². The Labute approximate surface area is 317 Å². The van der Waals surface area contributed by atoms with Gasteiger partial charge in [0.15, 0.2) is 5.82 Å². The average molecular weight is 798 g/mol. The maximum atomic E-state index is 6.32. The Bertz CT molecular complexity index is 1900. The predicted octanol–water partition coefficient (Wildman–Crippen LogP) is 9.33. The van der Waals surface area contributed by atoms with Crippen LogP contribution in [0.5, 0.6) is 23.5 Å². The van der Waals surface area contributed by atoms with E-state index in [9.17, 15) is 0 Å². The molecule has 0 spiro atoms. The minimum Gasteiger partial charge on any atom is -0.423 e. The predicted molar refractivity (Wildman–Crippen MR) is 203 cm³/mol. The molecule has 2 aliphatic rings. The molecule has 7 rings (SSSR count). The molecule has 3 aromatic heterocycles. The molecule has 0 amide bonds. The van der Waals surface area contributed by atoms with E-state index < -0.39 is 0 Å². The highest BCUT2D eigenvalue weighted by Crippen LogP contribution is 2.44. The Morgan fingerprint density at radius 2 is 1.33 bits per heavy atom. The third-order valence-corrected chi connectivity index (χ3v) is 9.97. The molecule has 1 aliphatic carbocycles. The zero-order chi connectivity index (χ0) is 36.1. The van der Waals surface area contributed by atoms with Gasteiger partial charge in [0.25, 0.3) is 0 Å². The quantitative estimate of drug-likeness (QED) is 0.129. The molecule has 1 unspecified atom stereocenters. The summed E-state index contributed by atoms with van der Waals surface area (Å²) in [5.41, 5.74) is 1.01. The summed E-state index contributed by atoms with van der Waals surface area (Å²) in [5.74, 6) is 5.83. The van der Waals surface area contributed by atoms with Gasteiger partial charge < -0.3 is 14.4 Å². The molecule has 3 atom stereocenters. The number of benzene rings is 2. The second kappa shape index (κ2) is 16.7. The van der Waals surface area contributed by atoms with E-state index >= 15 is 0 Å². The fourth-order valence-corrected chi connectivity index (χ4v) is 7.46. The summed E-state index contributed by atoms with van der Waals surface area (Å²) < 4.78 is 15.9. The molecular weight excluding hydrogens is 753 g/mol. The summed E-state index contributed by atoms with van der Waals surface area (Å²) in [6, 6.07) is 17.8. The Kier molecular flexibility index (Phi) is 12.1. The highest BCUT2D eigenvalue weighted by molar-refractivity contribution is 9.10. The van der Waals surface area contributed by atoms with Crippen molar-refractivity contribution in [3.05, 3.63) is 87.2 Å². The third-order valence-electron chi connectivity index (χ3n) is 9.01. The van der Waals surface area contributed by atoms with Gasteiger partial charge in [0, 0.05) is 44.4 Å². The molecular formula is C37H44BrCl2N9O2. The SMILES string of the molecule is CC(C)Cn1nc(Br)nc1Oc1ccccc1Cl.Cc1cc(N2C[C@H]3CC[C@@H](C2)C3Cc2nc(Oc3ccccc3Cl)n(CC(C)C)n2)ncn1. The Balaban J connectivity index is 0.000000211. The summed E-state index contributed by atoms with van der Waals surface area (Å²) in [4.78, 5) is 20.2. The number of hydrogen-bond donors (Lipinski definition) is 0. The van der Waals surface area contributed by atoms with Crippen molar-refractivity contribution in [3.63, 3.8) is 0 Å². The summed E-state index contributed by atoms with van der Waals surface area (Å²) in [5, 5.41) is 10.2. The smallest absolute Gasteiger partial charge is 0.321 e. The molecule has 0 N–H and O–H groups in total. The Morgan fingerprint density at radius 3 is 1.88 bits per heavy atom. The van der Waals surface area contributed by atoms with Gasteiger partial charge in [-0.05, 0) is 89.6 Å². The van der Waals surface area contributed by atoms with E-state index in [4.69, 9.17) is 42.8 Å². The number of ether oxygens (including phenoxy) is 2.